The van der Waals surface area contributed by atoms with Crippen LogP contribution in [0.25, 0.3) is 0 Å². The van der Waals surface area contributed by atoms with Gasteiger partial charge >= 0.3 is 6.18 Å². The van der Waals surface area contributed by atoms with Crippen molar-refractivity contribution in [1.82, 2.24) is 10.2 Å². The number of hydrogen-bond donors (Lipinski definition) is 1. The molecule has 0 aliphatic carbocycles. The second-order valence-corrected chi connectivity index (χ2v) is 3.81. The zero-order valence-electron chi connectivity index (χ0n) is 10.5. The molecule has 1 N–H and O–H groups in total. The Balaban J connectivity index is 2.91. The number of nitrogens with one attached hydrogen (secondary N) is 1. The van der Waals surface area contributed by atoms with Crippen LogP contribution in [0.15, 0.2) is 21.8 Å². The van der Waals surface area contributed by atoms with Gasteiger partial charge in [0.25, 0.3) is 5.91 Å². The molecule has 1 fully saturated rings. The predicted octanol–water partition coefficient (Wildman–Crippen LogP) is 0.983. The molecule has 0 bridgehead atoms. The molecule has 106 valence electrons. The topological polar surface area (TPSA) is 57.1 Å². The van der Waals surface area contributed by atoms with Crippen molar-refractivity contribution in [3.05, 3.63) is 11.8 Å². The Bertz CT molecular complexity index is 409. The van der Waals surface area contributed by atoms with Crippen LogP contribution < -0.4 is 5.32 Å². The maximum absolute atomic E-state index is 12.5. The molecule has 19 heavy (non-hydrogen) atoms. The fourth-order valence-electron chi connectivity index (χ4n) is 1.57. The Hall–Kier alpha value is -1.70. The van der Waals surface area contributed by atoms with Crippen LogP contribution in [0, 0.1) is 0 Å². The maximum Gasteiger partial charge on any atom is 0.451 e. The zero-order valence-corrected chi connectivity index (χ0v) is 10.5. The number of allylic oxidation sites excluding steroid dienone is 1. The Morgan fingerprint density at radius 2 is 1.95 bits per heavy atom. The number of aliphatic imine (C=N–C) groups is 2. The van der Waals surface area contributed by atoms with Crippen molar-refractivity contribution in [1.29, 1.82) is 0 Å². The van der Waals surface area contributed by atoms with E-state index >= 15 is 0 Å². The van der Waals surface area contributed by atoms with Crippen LogP contribution in [-0.4, -0.2) is 55.7 Å². The van der Waals surface area contributed by atoms with E-state index in [0.29, 0.717) is 26.2 Å². The van der Waals surface area contributed by atoms with E-state index in [1.165, 1.54) is 17.9 Å². The van der Waals surface area contributed by atoms with Crippen molar-refractivity contribution < 1.29 is 18.0 Å². The van der Waals surface area contributed by atoms with Gasteiger partial charge in [-0.15, -0.1) is 0 Å². The summed E-state index contributed by atoms with van der Waals surface area (Å²) >= 11 is 0. The lowest BCUT2D eigenvalue weighted by atomic mass is 10.3. The lowest BCUT2D eigenvalue weighted by Gasteiger charge is -2.27. The molecule has 1 aliphatic heterocycles. The average Bonchev–Trinajstić information content (AvgIpc) is 2.39. The summed E-state index contributed by atoms with van der Waals surface area (Å²) in [5.41, 5.74) is -0.276. The van der Waals surface area contributed by atoms with Crippen LogP contribution in [0.2, 0.25) is 0 Å². The number of hydrogen-bond acceptors (Lipinski definition) is 3. The van der Waals surface area contributed by atoms with Crippen molar-refractivity contribution in [2.75, 3.05) is 26.2 Å². The van der Waals surface area contributed by atoms with E-state index < -0.39 is 17.9 Å². The summed E-state index contributed by atoms with van der Waals surface area (Å²) in [6.07, 6.45) is -3.49. The van der Waals surface area contributed by atoms with E-state index in [-0.39, 0.29) is 5.70 Å². The first-order valence-corrected chi connectivity index (χ1v) is 5.69. The van der Waals surface area contributed by atoms with Gasteiger partial charge in [0, 0.05) is 26.2 Å². The summed E-state index contributed by atoms with van der Waals surface area (Å²) in [7, 11) is 0. The number of carbonyl (C=O) groups excluding carboxylic acids is 1. The fourth-order valence-corrected chi connectivity index (χ4v) is 1.57. The highest BCUT2D eigenvalue weighted by atomic mass is 19.4. The van der Waals surface area contributed by atoms with Crippen LogP contribution in [-0.2, 0) is 4.79 Å². The molecule has 5 nitrogen and oxygen atoms in total. The molecule has 0 aromatic rings. The van der Waals surface area contributed by atoms with Crippen LogP contribution in [0.3, 0.4) is 0 Å². The minimum Gasteiger partial charge on any atom is -0.335 e. The van der Waals surface area contributed by atoms with Crippen LogP contribution in [0.5, 0.6) is 0 Å². The molecular weight excluding hydrogens is 261 g/mol. The van der Waals surface area contributed by atoms with Crippen molar-refractivity contribution in [2.24, 2.45) is 9.98 Å². The zero-order chi connectivity index (χ0) is 14.5. The Labute approximate surface area is 108 Å². The van der Waals surface area contributed by atoms with Gasteiger partial charge in [0.1, 0.15) is 5.70 Å². The maximum atomic E-state index is 12.5. The van der Waals surface area contributed by atoms with E-state index in [9.17, 15) is 18.0 Å². The van der Waals surface area contributed by atoms with Gasteiger partial charge in [0.2, 0.25) is 5.84 Å². The summed E-state index contributed by atoms with van der Waals surface area (Å²) in [4.78, 5) is 19.5. The van der Waals surface area contributed by atoms with Crippen molar-refractivity contribution in [3.8, 4) is 0 Å². The SMILES string of the molecule is C=NC(=N/C(=C\C)C(=O)N1CCNCC1)C(F)(F)F. The Kier molecular flexibility index (Phi) is 5.22. The molecule has 0 atom stereocenters. The molecule has 0 saturated carbocycles. The number of rotatable bonds is 2. The van der Waals surface area contributed by atoms with Gasteiger partial charge in [0.05, 0.1) is 0 Å². The van der Waals surface area contributed by atoms with Gasteiger partial charge < -0.3 is 10.2 Å². The van der Waals surface area contributed by atoms with Crippen LogP contribution in [0.4, 0.5) is 13.2 Å². The number of halogens is 3. The smallest absolute Gasteiger partial charge is 0.335 e. The number of carbonyl (C=O) groups is 1. The minimum atomic E-state index is -4.72. The normalized spacial score (nSPS) is 18.4. The quantitative estimate of drug-likeness (QED) is 0.464. The monoisotopic (exact) mass is 276 g/mol. The summed E-state index contributed by atoms with van der Waals surface area (Å²) < 4.78 is 37.5. The highest BCUT2D eigenvalue weighted by molar-refractivity contribution is 5.99. The molecule has 0 spiro atoms. The first-order chi connectivity index (χ1) is 8.90. The van der Waals surface area contributed by atoms with Gasteiger partial charge in [-0.05, 0) is 13.6 Å². The molecule has 0 unspecified atom stereocenters. The lowest BCUT2D eigenvalue weighted by molar-refractivity contribution is -0.127. The fraction of sp³-hybridized carbons (Fsp3) is 0.545. The number of amidine groups is 1. The van der Waals surface area contributed by atoms with Gasteiger partial charge in [-0.2, -0.15) is 13.2 Å². The second kappa shape index (κ2) is 6.46. The largest absolute Gasteiger partial charge is 0.451 e. The molecule has 1 amide bonds. The summed E-state index contributed by atoms with van der Waals surface area (Å²) in [6, 6.07) is 0. The Morgan fingerprint density at radius 1 is 1.37 bits per heavy atom. The summed E-state index contributed by atoms with van der Waals surface area (Å²) in [6.45, 7) is 6.38. The van der Waals surface area contributed by atoms with E-state index in [2.05, 4.69) is 22.0 Å². The first kappa shape index (κ1) is 15.4. The Morgan fingerprint density at radius 3 is 2.37 bits per heavy atom. The number of nitrogens with zero attached hydrogens (tertiary/aromatic N) is 3. The van der Waals surface area contributed by atoms with Gasteiger partial charge in [0.15, 0.2) is 0 Å². The van der Waals surface area contributed by atoms with E-state index in [1.54, 1.807) is 0 Å². The van der Waals surface area contributed by atoms with Crippen LogP contribution in [0.1, 0.15) is 6.92 Å². The third kappa shape index (κ3) is 4.16. The number of alkyl halides is 3. The standard InChI is InChI=1S/C11H15F3N4O/c1-3-8(17-10(15-2)11(12,13)14)9(19)18-6-4-16-5-7-18/h3,16H,2,4-7H2,1H3/b8-3-,17-10?. The third-order valence-electron chi connectivity index (χ3n) is 2.53. The molecule has 1 heterocycles. The lowest BCUT2D eigenvalue weighted by Crippen LogP contribution is -2.46. The van der Waals surface area contributed by atoms with E-state index in [0.717, 1.165) is 0 Å². The van der Waals surface area contributed by atoms with Crippen molar-refractivity contribution in [3.63, 3.8) is 0 Å². The van der Waals surface area contributed by atoms with E-state index in [4.69, 9.17) is 0 Å². The molecule has 1 aliphatic rings. The third-order valence-corrected chi connectivity index (χ3v) is 2.53. The van der Waals surface area contributed by atoms with Crippen LogP contribution >= 0.6 is 0 Å². The molecule has 8 heteroatoms. The average molecular weight is 276 g/mol. The van der Waals surface area contributed by atoms with Gasteiger partial charge in [-0.1, -0.05) is 6.08 Å². The summed E-state index contributed by atoms with van der Waals surface area (Å²) in [5, 5.41) is 3.05. The first-order valence-electron chi connectivity index (χ1n) is 5.69. The molecule has 0 radical (unpaired) electrons. The highest BCUT2D eigenvalue weighted by Gasteiger charge is 2.36. The second-order valence-electron chi connectivity index (χ2n) is 3.81. The summed E-state index contributed by atoms with van der Waals surface area (Å²) in [5.74, 6) is -1.95. The predicted molar refractivity (Wildman–Crippen MR) is 66.2 cm³/mol. The highest BCUT2D eigenvalue weighted by Crippen LogP contribution is 2.20. The van der Waals surface area contributed by atoms with Gasteiger partial charge in [-0.25, -0.2) is 9.98 Å². The molecule has 0 aromatic heterocycles. The minimum absolute atomic E-state index is 0.276. The molecule has 0 aromatic carbocycles. The molecule has 1 saturated heterocycles. The van der Waals surface area contributed by atoms with Crippen molar-refractivity contribution >= 4 is 18.5 Å². The molecular formula is C11H15F3N4O. The van der Waals surface area contributed by atoms with E-state index in [1.807, 2.05) is 0 Å². The van der Waals surface area contributed by atoms with Crippen molar-refractivity contribution in [2.45, 2.75) is 13.1 Å². The molecule has 1 rings (SSSR count). The van der Waals surface area contributed by atoms with Gasteiger partial charge in [-0.3, -0.25) is 4.79 Å². The number of amides is 1. The number of piperazine rings is 1.